The van der Waals surface area contributed by atoms with Crippen molar-refractivity contribution in [3.05, 3.63) is 191 Å². The third-order valence-corrected chi connectivity index (χ3v) is 13.5. The van der Waals surface area contributed by atoms with E-state index < -0.39 is 9.84 Å². The number of hydrogen-bond acceptors (Lipinski definition) is 3. The number of hydrogen-bond donors (Lipinski definition) is 0. The molecule has 11 rings (SSSR count). The van der Waals surface area contributed by atoms with E-state index in [1.807, 2.05) is 54.6 Å². The first-order valence-corrected chi connectivity index (χ1v) is 20.3. The molecule has 5 heteroatoms. The quantitative estimate of drug-likeness (QED) is 0.182. The van der Waals surface area contributed by atoms with Crippen molar-refractivity contribution in [3.63, 3.8) is 0 Å². The predicted molar refractivity (Wildman–Crippen MR) is 225 cm³/mol. The molecule has 0 spiro atoms. The number of para-hydroxylation sites is 2. The van der Waals surface area contributed by atoms with Crippen LogP contribution in [0.2, 0.25) is 0 Å². The van der Waals surface area contributed by atoms with Gasteiger partial charge in [0.05, 0.1) is 32.2 Å². The Morgan fingerprint density at radius 1 is 0.455 bits per heavy atom. The fraction of sp³-hybridized carbons (Fsp3) is 0.0800. The summed E-state index contributed by atoms with van der Waals surface area (Å²) in [5, 5.41) is 4.98. The lowest BCUT2D eigenvalue weighted by atomic mass is 9.84. The number of rotatable bonds is 3. The lowest BCUT2D eigenvalue weighted by Crippen LogP contribution is -2.22. The molecule has 9 aromatic rings. The highest BCUT2D eigenvalue weighted by atomic mass is 32.2. The third kappa shape index (κ3) is 4.93. The average molecular weight is 729 g/mol. The van der Waals surface area contributed by atoms with Gasteiger partial charge in [0.1, 0.15) is 0 Å². The van der Waals surface area contributed by atoms with Gasteiger partial charge in [-0.25, -0.2) is 8.42 Å². The maximum Gasteiger partial charge on any atom is 0.210 e. The Labute approximate surface area is 320 Å². The number of fused-ring (bicyclic) bond motifs is 8. The number of benzene rings is 8. The zero-order valence-electron chi connectivity index (χ0n) is 30.5. The zero-order valence-corrected chi connectivity index (χ0v) is 31.4. The largest absolute Gasteiger partial charge is 0.309 e. The lowest BCUT2D eigenvalue weighted by Gasteiger charge is -2.33. The molecule has 55 heavy (non-hydrogen) atoms. The molecule has 0 saturated carbocycles. The minimum absolute atomic E-state index is 0.318. The maximum atomic E-state index is 13.9. The second kappa shape index (κ2) is 11.8. The molecule has 0 unspecified atom stereocenters. The van der Waals surface area contributed by atoms with E-state index in [4.69, 9.17) is 0 Å². The molecule has 1 aliphatic heterocycles. The maximum absolute atomic E-state index is 13.9. The third-order valence-electron chi connectivity index (χ3n) is 11.7. The molecule has 8 aromatic carbocycles. The smallest absolute Gasteiger partial charge is 0.210 e. The van der Waals surface area contributed by atoms with Crippen LogP contribution >= 0.6 is 0 Å². The molecule has 0 atom stereocenters. The Balaban J connectivity index is 0.967. The Morgan fingerprint density at radius 2 is 1.07 bits per heavy atom. The summed E-state index contributed by atoms with van der Waals surface area (Å²) >= 11 is 0. The van der Waals surface area contributed by atoms with Crippen molar-refractivity contribution in [2.24, 2.45) is 0 Å². The highest BCUT2D eigenvalue weighted by Crippen LogP contribution is 2.49. The van der Waals surface area contributed by atoms with E-state index >= 15 is 0 Å². The van der Waals surface area contributed by atoms with Gasteiger partial charge in [-0.3, -0.25) is 0 Å². The summed E-state index contributed by atoms with van der Waals surface area (Å²) in [5.41, 5.74) is 16.0. The van der Waals surface area contributed by atoms with Crippen LogP contribution in [-0.2, 0) is 22.7 Å². The summed E-state index contributed by atoms with van der Waals surface area (Å²) in [7, 11) is -3.69. The fourth-order valence-corrected chi connectivity index (χ4v) is 10.6. The van der Waals surface area contributed by atoms with Gasteiger partial charge in [0.25, 0.3) is 0 Å². The van der Waals surface area contributed by atoms with Gasteiger partial charge in [0.2, 0.25) is 9.84 Å². The fourth-order valence-electron chi connectivity index (χ4n) is 9.00. The van der Waals surface area contributed by atoms with E-state index in [1.54, 1.807) is 18.2 Å². The van der Waals surface area contributed by atoms with Gasteiger partial charge in [-0.2, -0.15) is 0 Å². The molecule has 0 amide bonds. The lowest BCUT2D eigenvalue weighted by molar-refractivity contribution is 0.595. The van der Waals surface area contributed by atoms with Crippen LogP contribution in [0.3, 0.4) is 0 Å². The Morgan fingerprint density at radius 3 is 1.84 bits per heavy atom. The summed E-state index contributed by atoms with van der Waals surface area (Å²) in [6.45, 7) is 4.33. The number of anilines is 3. The second-order valence-corrected chi connectivity index (χ2v) is 17.1. The van der Waals surface area contributed by atoms with Crippen molar-refractivity contribution < 1.29 is 8.42 Å². The first-order valence-electron chi connectivity index (χ1n) is 18.8. The van der Waals surface area contributed by atoms with Crippen molar-refractivity contribution >= 4 is 59.5 Å². The van der Waals surface area contributed by atoms with E-state index in [0.717, 1.165) is 29.7 Å². The Kier molecular flexibility index (Phi) is 6.86. The van der Waals surface area contributed by atoms with Crippen molar-refractivity contribution in [2.45, 2.75) is 36.5 Å². The molecule has 0 bridgehead atoms. The number of aromatic nitrogens is 1. The summed E-state index contributed by atoms with van der Waals surface area (Å²) in [6, 6.07) is 54.9. The minimum atomic E-state index is -3.69. The van der Waals surface area contributed by atoms with Gasteiger partial charge in [-0.15, -0.1) is 0 Å². The normalized spacial score (nSPS) is 14.1. The molecule has 0 saturated heterocycles. The minimum Gasteiger partial charge on any atom is -0.309 e. The summed E-state index contributed by atoms with van der Waals surface area (Å²) < 4.78 is 30.2. The standard InChI is InChI=1S/C50H36N2O2S/c1-31-12-19-45-43(22-31)44-23-32(2)13-20-46(44)52(45)42-18-16-35-26-38-27-37-24-33(14-15-34(37)25-39(38)28-40(35)29-42)36-17-21-50-48(30-36)51(41-8-4-3-5-9-41)47-10-6-7-11-49(47)55(50,53)54/h3-25,27,29-30H,26,28H2,1-2H3. The summed E-state index contributed by atoms with van der Waals surface area (Å²) in [6.07, 6.45) is 1.78. The Bertz CT molecular complexity index is 3140. The van der Waals surface area contributed by atoms with E-state index in [-0.39, 0.29) is 0 Å². The van der Waals surface area contributed by atoms with Gasteiger partial charge in [-0.1, -0.05) is 90.0 Å². The van der Waals surface area contributed by atoms with Crippen LogP contribution in [-0.4, -0.2) is 13.0 Å². The van der Waals surface area contributed by atoms with E-state index in [2.05, 4.69) is 108 Å². The number of sulfone groups is 1. The average Bonchev–Trinajstić information content (AvgIpc) is 3.51. The predicted octanol–water partition coefficient (Wildman–Crippen LogP) is 12.3. The second-order valence-electron chi connectivity index (χ2n) is 15.2. The number of nitrogens with zero attached hydrogens (tertiary/aromatic N) is 2. The van der Waals surface area contributed by atoms with Crippen LogP contribution in [0.4, 0.5) is 17.1 Å². The van der Waals surface area contributed by atoms with E-state index in [1.165, 1.54) is 71.6 Å². The van der Waals surface area contributed by atoms with Gasteiger partial charge >= 0.3 is 0 Å². The van der Waals surface area contributed by atoms with Gasteiger partial charge in [0.15, 0.2) is 0 Å². The molecule has 2 aliphatic rings. The topological polar surface area (TPSA) is 42.3 Å². The number of aryl methyl sites for hydroxylation is 2. The molecule has 4 nitrogen and oxygen atoms in total. The highest BCUT2D eigenvalue weighted by molar-refractivity contribution is 7.92. The van der Waals surface area contributed by atoms with Crippen molar-refractivity contribution in [2.75, 3.05) is 4.90 Å². The molecule has 2 heterocycles. The van der Waals surface area contributed by atoms with E-state index in [9.17, 15) is 8.42 Å². The van der Waals surface area contributed by atoms with Gasteiger partial charge < -0.3 is 9.47 Å². The van der Waals surface area contributed by atoms with E-state index in [0.29, 0.717) is 21.2 Å². The zero-order chi connectivity index (χ0) is 37.0. The van der Waals surface area contributed by atoms with Crippen LogP contribution in [0.5, 0.6) is 0 Å². The summed E-state index contributed by atoms with van der Waals surface area (Å²) in [4.78, 5) is 2.71. The molecular weight excluding hydrogens is 693 g/mol. The van der Waals surface area contributed by atoms with Crippen molar-refractivity contribution in [1.29, 1.82) is 0 Å². The first-order chi connectivity index (χ1) is 26.8. The summed E-state index contributed by atoms with van der Waals surface area (Å²) in [5.74, 6) is 0. The van der Waals surface area contributed by atoms with Gasteiger partial charge in [0, 0.05) is 22.1 Å². The van der Waals surface area contributed by atoms with Crippen LogP contribution in [0.25, 0.3) is 49.4 Å². The van der Waals surface area contributed by atoms with Crippen LogP contribution in [0.1, 0.15) is 33.4 Å². The molecule has 0 fully saturated rings. The molecule has 264 valence electrons. The van der Waals surface area contributed by atoms with Crippen LogP contribution < -0.4 is 4.90 Å². The monoisotopic (exact) mass is 728 g/mol. The highest BCUT2D eigenvalue weighted by Gasteiger charge is 2.35. The van der Waals surface area contributed by atoms with Crippen LogP contribution in [0.15, 0.2) is 168 Å². The van der Waals surface area contributed by atoms with Crippen molar-refractivity contribution in [1.82, 2.24) is 4.57 Å². The molecule has 0 N–H and O–H groups in total. The molecule has 1 aromatic heterocycles. The van der Waals surface area contributed by atoms with Crippen molar-refractivity contribution in [3.8, 4) is 16.8 Å². The Hall–Kier alpha value is -6.43. The molecule has 0 radical (unpaired) electrons. The van der Waals surface area contributed by atoms with Crippen LogP contribution in [0, 0.1) is 13.8 Å². The first kappa shape index (κ1) is 32.0. The van der Waals surface area contributed by atoms with Gasteiger partial charge in [-0.05, 0) is 150 Å². The molecular formula is C50H36N2O2S. The molecule has 1 aliphatic carbocycles. The SMILES string of the molecule is Cc1ccc2c(c1)c1cc(C)ccc1n2-c1ccc2c(c1)Cc1cc3ccc(-c4ccc5c(c4)N(c4ccccc4)c4ccccc4S5(=O)=O)cc3cc1C2.